The van der Waals surface area contributed by atoms with Crippen LogP contribution in [0.25, 0.3) is 0 Å². The molecule has 6 heteroatoms. The first kappa shape index (κ1) is 16.8. The highest BCUT2D eigenvalue weighted by atomic mass is 35.5. The van der Waals surface area contributed by atoms with E-state index in [2.05, 4.69) is 15.2 Å². The molecule has 0 aromatic carbocycles. The van der Waals surface area contributed by atoms with Crippen molar-refractivity contribution in [3.63, 3.8) is 0 Å². The third-order valence-corrected chi connectivity index (χ3v) is 5.97. The summed E-state index contributed by atoms with van der Waals surface area (Å²) in [4.78, 5) is 6.61. The second-order valence-corrected chi connectivity index (χ2v) is 7.40. The van der Waals surface area contributed by atoms with E-state index in [1.54, 1.807) is 6.20 Å². The summed E-state index contributed by atoms with van der Waals surface area (Å²) in [6.45, 7) is 4.07. The number of piperazine rings is 1. The molecule has 1 atom stereocenters. The molecule has 3 nitrogen and oxygen atoms in total. The predicted octanol–water partition coefficient (Wildman–Crippen LogP) is 4.57. The zero-order valence-corrected chi connectivity index (χ0v) is 14.9. The molecule has 1 saturated carbocycles. The van der Waals surface area contributed by atoms with Crippen molar-refractivity contribution < 1.29 is 0 Å². The van der Waals surface area contributed by atoms with Crippen LogP contribution in [0.3, 0.4) is 0 Å². The number of rotatable bonds is 3. The van der Waals surface area contributed by atoms with Gasteiger partial charge in [-0.3, -0.25) is 4.90 Å². The molecule has 1 N–H and O–H groups in total. The lowest BCUT2D eigenvalue weighted by molar-refractivity contribution is 0.103. The number of hydrogen-bond acceptors (Lipinski definition) is 3. The molecule has 0 spiro atoms. The quantitative estimate of drug-likeness (QED) is 0.798. The van der Waals surface area contributed by atoms with Gasteiger partial charge in [-0.25, -0.2) is 4.98 Å². The van der Waals surface area contributed by atoms with Crippen LogP contribution >= 0.6 is 34.8 Å². The molecule has 1 aromatic heterocycles. The van der Waals surface area contributed by atoms with E-state index in [0.29, 0.717) is 21.1 Å². The molecule has 22 heavy (non-hydrogen) atoms. The van der Waals surface area contributed by atoms with E-state index in [4.69, 9.17) is 34.8 Å². The van der Waals surface area contributed by atoms with Gasteiger partial charge >= 0.3 is 0 Å². The Bertz CT molecular complexity index is 494. The first-order chi connectivity index (χ1) is 10.7. The predicted molar refractivity (Wildman–Crippen MR) is 93.0 cm³/mol. The fourth-order valence-electron chi connectivity index (χ4n) is 3.85. The van der Waals surface area contributed by atoms with E-state index in [0.717, 1.165) is 31.7 Å². The molecule has 2 fully saturated rings. The van der Waals surface area contributed by atoms with Crippen LogP contribution in [0.1, 0.15) is 43.7 Å². The lowest BCUT2D eigenvalue weighted by atomic mass is 9.80. The average molecular weight is 363 g/mol. The number of nitrogens with one attached hydrogen (secondary N) is 1. The van der Waals surface area contributed by atoms with Gasteiger partial charge in [0.2, 0.25) is 0 Å². The largest absolute Gasteiger partial charge is 0.314 e. The summed E-state index contributed by atoms with van der Waals surface area (Å²) in [7, 11) is 0. The van der Waals surface area contributed by atoms with Crippen molar-refractivity contribution >= 4 is 34.8 Å². The first-order valence-electron chi connectivity index (χ1n) is 8.12. The fraction of sp³-hybridized carbons (Fsp3) is 0.688. The molecular weight excluding hydrogens is 341 g/mol. The molecule has 1 aliphatic heterocycles. The number of halogens is 3. The van der Waals surface area contributed by atoms with Crippen molar-refractivity contribution in [1.29, 1.82) is 0 Å². The summed E-state index contributed by atoms with van der Waals surface area (Å²) in [5.41, 5.74) is 0.983. The average Bonchev–Trinajstić information content (AvgIpc) is 2.57. The minimum atomic E-state index is 0.253. The van der Waals surface area contributed by atoms with Crippen molar-refractivity contribution in [1.82, 2.24) is 15.2 Å². The van der Waals surface area contributed by atoms with Crippen LogP contribution < -0.4 is 5.32 Å². The Morgan fingerprint density at radius 2 is 1.77 bits per heavy atom. The second-order valence-electron chi connectivity index (χ2n) is 6.25. The van der Waals surface area contributed by atoms with Crippen LogP contribution in [0.15, 0.2) is 6.20 Å². The Hall–Kier alpha value is -0.0600. The van der Waals surface area contributed by atoms with Crippen LogP contribution in [0.5, 0.6) is 0 Å². The van der Waals surface area contributed by atoms with Gasteiger partial charge in [-0.2, -0.15) is 0 Å². The Kier molecular flexibility index (Phi) is 5.85. The molecule has 0 unspecified atom stereocenters. The Balaban J connectivity index is 1.98. The molecule has 0 amide bonds. The van der Waals surface area contributed by atoms with E-state index in [9.17, 15) is 0 Å². The first-order valence-corrected chi connectivity index (χ1v) is 9.26. The Morgan fingerprint density at radius 1 is 1.09 bits per heavy atom. The fourth-order valence-corrected chi connectivity index (χ4v) is 4.57. The van der Waals surface area contributed by atoms with Gasteiger partial charge in [0, 0.05) is 44.0 Å². The maximum absolute atomic E-state index is 6.51. The zero-order chi connectivity index (χ0) is 15.5. The van der Waals surface area contributed by atoms with Crippen molar-refractivity contribution in [2.24, 2.45) is 5.92 Å². The van der Waals surface area contributed by atoms with Gasteiger partial charge < -0.3 is 5.32 Å². The molecule has 3 rings (SSSR count). The second kappa shape index (κ2) is 7.67. The molecule has 0 radical (unpaired) electrons. The highest BCUT2D eigenvalue weighted by molar-refractivity contribution is 6.43. The molecule has 1 aromatic rings. The number of aromatic nitrogens is 1. The molecular formula is C16H22Cl3N3. The molecule has 2 heterocycles. The van der Waals surface area contributed by atoms with Gasteiger partial charge in [-0.1, -0.05) is 54.1 Å². The molecule has 122 valence electrons. The van der Waals surface area contributed by atoms with Crippen molar-refractivity contribution in [3.8, 4) is 0 Å². The van der Waals surface area contributed by atoms with Crippen molar-refractivity contribution in [3.05, 3.63) is 27.0 Å². The Morgan fingerprint density at radius 3 is 2.45 bits per heavy atom. The monoisotopic (exact) mass is 361 g/mol. The molecule has 2 aliphatic rings. The highest BCUT2D eigenvalue weighted by Gasteiger charge is 2.34. The van der Waals surface area contributed by atoms with Crippen LogP contribution in [0.4, 0.5) is 0 Å². The normalized spacial score (nSPS) is 22.7. The lowest BCUT2D eigenvalue weighted by Crippen LogP contribution is -2.47. The maximum Gasteiger partial charge on any atom is 0.148 e. The zero-order valence-electron chi connectivity index (χ0n) is 12.6. The summed E-state index contributed by atoms with van der Waals surface area (Å²) in [6, 6.07) is 0.253. The van der Waals surface area contributed by atoms with Gasteiger partial charge in [0.05, 0.1) is 10.0 Å². The third kappa shape index (κ3) is 3.54. The van der Waals surface area contributed by atoms with E-state index >= 15 is 0 Å². The van der Waals surface area contributed by atoms with Gasteiger partial charge in [0.15, 0.2) is 0 Å². The lowest BCUT2D eigenvalue weighted by Gasteiger charge is -2.41. The van der Waals surface area contributed by atoms with Crippen molar-refractivity contribution in [2.45, 2.75) is 38.1 Å². The van der Waals surface area contributed by atoms with E-state index in [1.807, 2.05) is 0 Å². The third-order valence-electron chi connectivity index (χ3n) is 4.90. The maximum atomic E-state index is 6.51. The minimum absolute atomic E-state index is 0.253. The molecule has 0 bridgehead atoms. The van der Waals surface area contributed by atoms with Gasteiger partial charge in [0.1, 0.15) is 5.15 Å². The summed E-state index contributed by atoms with van der Waals surface area (Å²) in [5.74, 6) is 0.598. The van der Waals surface area contributed by atoms with E-state index < -0.39 is 0 Å². The summed E-state index contributed by atoms with van der Waals surface area (Å²) in [5, 5.41) is 4.95. The van der Waals surface area contributed by atoms with Gasteiger partial charge in [-0.15, -0.1) is 0 Å². The standard InChI is InChI=1S/C16H22Cl3N3/c17-12-10-21-16(19)14(18)13(12)15(11-4-2-1-3-5-11)22-8-6-20-7-9-22/h10-11,15,20H,1-9H2/t15-/m0/s1. The smallest absolute Gasteiger partial charge is 0.148 e. The van der Waals surface area contributed by atoms with E-state index in [1.165, 1.54) is 32.1 Å². The number of pyridine rings is 1. The minimum Gasteiger partial charge on any atom is -0.314 e. The van der Waals surface area contributed by atoms with Crippen LogP contribution in [0, 0.1) is 5.92 Å². The van der Waals surface area contributed by atoms with Crippen LogP contribution in [-0.4, -0.2) is 36.1 Å². The number of nitrogens with zero attached hydrogens (tertiary/aromatic N) is 2. The molecule has 1 saturated heterocycles. The molecule has 1 aliphatic carbocycles. The summed E-state index contributed by atoms with van der Waals surface area (Å²) < 4.78 is 0. The van der Waals surface area contributed by atoms with Gasteiger partial charge in [0.25, 0.3) is 0 Å². The summed E-state index contributed by atoms with van der Waals surface area (Å²) in [6.07, 6.45) is 8.04. The highest BCUT2D eigenvalue weighted by Crippen LogP contribution is 2.44. The van der Waals surface area contributed by atoms with Crippen molar-refractivity contribution in [2.75, 3.05) is 26.2 Å². The number of hydrogen-bond donors (Lipinski definition) is 1. The van der Waals surface area contributed by atoms with E-state index in [-0.39, 0.29) is 6.04 Å². The summed E-state index contributed by atoms with van der Waals surface area (Å²) >= 11 is 19.2. The topological polar surface area (TPSA) is 28.2 Å². The Labute approximate surface area is 147 Å². The van der Waals surface area contributed by atoms with Crippen LogP contribution in [-0.2, 0) is 0 Å². The van der Waals surface area contributed by atoms with Crippen LogP contribution in [0.2, 0.25) is 15.2 Å². The van der Waals surface area contributed by atoms with Gasteiger partial charge in [-0.05, 0) is 18.8 Å². The SMILES string of the molecule is Clc1cnc(Cl)c(Cl)c1[C@H](C1CCCCC1)N1CCNCC1.